The Morgan fingerprint density at radius 3 is 3.12 bits per heavy atom. The fraction of sp³-hybridized carbons (Fsp3) is 0.273. The summed E-state index contributed by atoms with van der Waals surface area (Å²) in [5, 5.41) is -0.430. The molecule has 0 bridgehead atoms. The van der Waals surface area contributed by atoms with E-state index in [-0.39, 0.29) is 5.97 Å². The number of hydrogen-bond acceptors (Lipinski definition) is 4. The van der Waals surface area contributed by atoms with E-state index in [1.165, 1.54) is 7.11 Å². The summed E-state index contributed by atoms with van der Waals surface area (Å²) < 4.78 is 18.2. The number of hydrogen-bond donors (Lipinski definition) is 0. The zero-order chi connectivity index (χ0) is 11.5. The number of halogens is 1. The van der Waals surface area contributed by atoms with Gasteiger partial charge in [-0.2, -0.15) is 4.39 Å². The SMILES string of the molecule is COC(=O)CCc1ccc2sc(F)nc2c1. The molecule has 0 amide bonds. The summed E-state index contributed by atoms with van der Waals surface area (Å²) in [5.74, 6) is -0.246. The monoisotopic (exact) mass is 239 g/mol. The van der Waals surface area contributed by atoms with Crippen LogP contribution in [0.4, 0.5) is 4.39 Å². The van der Waals surface area contributed by atoms with E-state index in [0.29, 0.717) is 18.4 Å². The molecule has 1 heterocycles. The molecule has 5 heteroatoms. The minimum Gasteiger partial charge on any atom is -0.469 e. The predicted molar refractivity (Wildman–Crippen MR) is 59.9 cm³/mol. The van der Waals surface area contributed by atoms with E-state index in [1.54, 1.807) is 6.07 Å². The van der Waals surface area contributed by atoms with Gasteiger partial charge in [-0.25, -0.2) is 4.98 Å². The third-order valence-electron chi connectivity index (χ3n) is 2.27. The summed E-state index contributed by atoms with van der Waals surface area (Å²) in [5.41, 5.74) is 1.60. The zero-order valence-electron chi connectivity index (χ0n) is 8.70. The average Bonchev–Trinajstić information content (AvgIpc) is 2.65. The van der Waals surface area contributed by atoms with Gasteiger partial charge in [0.15, 0.2) is 0 Å². The van der Waals surface area contributed by atoms with Crippen LogP contribution in [0.5, 0.6) is 0 Å². The quantitative estimate of drug-likeness (QED) is 0.773. The fourth-order valence-electron chi connectivity index (χ4n) is 1.45. The lowest BCUT2D eigenvalue weighted by Gasteiger charge is -2.00. The number of fused-ring (bicyclic) bond motifs is 1. The first-order chi connectivity index (χ1) is 7.69. The molecule has 3 nitrogen and oxygen atoms in total. The smallest absolute Gasteiger partial charge is 0.305 e. The number of thiazole rings is 1. The van der Waals surface area contributed by atoms with Crippen LogP contribution >= 0.6 is 11.3 Å². The van der Waals surface area contributed by atoms with Crippen molar-refractivity contribution in [2.75, 3.05) is 7.11 Å². The summed E-state index contributed by atoms with van der Waals surface area (Å²) in [6.45, 7) is 0. The molecule has 0 aliphatic heterocycles. The second-order valence-electron chi connectivity index (χ2n) is 3.35. The van der Waals surface area contributed by atoms with Gasteiger partial charge in [0, 0.05) is 6.42 Å². The third kappa shape index (κ3) is 2.36. The van der Waals surface area contributed by atoms with Gasteiger partial charge in [-0.05, 0) is 24.1 Å². The molecule has 0 unspecified atom stereocenters. The van der Waals surface area contributed by atoms with E-state index in [9.17, 15) is 9.18 Å². The summed E-state index contributed by atoms with van der Waals surface area (Å²) in [6, 6.07) is 5.50. The van der Waals surface area contributed by atoms with E-state index in [0.717, 1.165) is 21.6 Å². The molecule has 0 N–H and O–H groups in total. The highest BCUT2D eigenvalue weighted by Gasteiger charge is 2.05. The molecule has 0 spiro atoms. The number of aromatic nitrogens is 1. The lowest BCUT2D eigenvalue weighted by atomic mass is 10.1. The lowest BCUT2D eigenvalue weighted by molar-refractivity contribution is -0.140. The summed E-state index contributed by atoms with van der Waals surface area (Å²) in [6.07, 6.45) is 0.913. The van der Waals surface area contributed by atoms with Crippen molar-refractivity contribution < 1.29 is 13.9 Å². The molecule has 0 fully saturated rings. The number of rotatable bonds is 3. The summed E-state index contributed by atoms with van der Waals surface area (Å²) in [4.78, 5) is 14.7. The largest absolute Gasteiger partial charge is 0.469 e. The van der Waals surface area contributed by atoms with Crippen molar-refractivity contribution in [2.24, 2.45) is 0 Å². The molecule has 0 atom stereocenters. The van der Waals surface area contributed by atoms with Crippen molar-refractivity contribution in [1.82, 2.24) is 4.98 Å². The molecule has 0 aliphatic carbocycles. The molecule has 2 rings (SSSR count). The zero-order valence-corrected chi connectivity index (χ0v) is 9.51. The number of nitrogens with zero attached hydrogens (tertiary/aromatic N) is 1. The Balaban J connectivity index is 2.16. The number of methoxy groups -OCH3 is 1. The first kappa shape index (κ1) is 11.0. The summed E-state index contributed by atoms with van der Waals surface area (Å²) >= 11 is 1.02. The first-order valence-electron chi connectivity index (χ1n) is 4.81. The van der Waals surface area contributed by atoms with Crippen LogP contribution in [0.2, 0.25) is 0 Å². The maximum Gasteiger partial charge on any atom is 0.305 e. The van der Waals surface area contributed by atoms with Gasteiger partial charge in [0.05, 0.1) is 17.3 Å². The van der Waals surface area contributed by atoms with Gasteiger partial charge >= 0.3 is 5.97 Å². The second-order valence-corrected chi connectivity index (χ2v) is 4.33. The molecule has 0 saturated carbocycles. The number of benzene rings is 1. The van der Waals surface area contributed by atoms with E-state index < -0.39 is 5.26 Å². The highest BCUT2D eigenvalue weighted by atomic mass is 32.1. The van der Waals surface area contributed by atoms with Crippen molar-refractivity contribution in [3.05, 3.63) is 29.0 Å². The van der Waals surface area contributed by atoms with Crippen LogP contribution < -0.4 is 0 Å². The van der Waals surface area contributed by atoms with Crippen molar-refractivity contribution in [3.8, 4) is 0 Å². The maximum atomic E-state index is 12.9. The Hall–Kier alpha value is -1.49. The first-order valence-corrected chi connectivity index (χ1v) is 5.62. The van der Waals surface area contributed by atoms with Crippen LogP contribution in [-0.4, -0.2) is 18.1 Å². The van der Waals surface area contributed by atoms with Gasteiger partial charge in [-0.15, -0.1) is 0 Å². The highest BCUT2D eigenvalue weighted by Crippen LogP contribution is 2.22. The van der Waals surface area contributed by atoms with Gasteiger partial charge in [0.1, 0.15) is 0 Å². The fourth-order valence-corrected chi connectivity index (χ4v) is 2.12. The minimum atomic E-state index is -0.430. The van der Waals surface area contributed by atoms with Gasteiger partial charge < -0.3 is 4.74 Å². The van der Waals surface area contributed by atoms with Gasteiger partial charge in [0.25, 0.3) is 5.26 Å². The van der Waals surface area contributed by atoms with Crippen LogP contribution in [-0.2, 0) is 16.0 Å². The number of ether oxygens (including phenoxy) is 1. The standard InChI is InChI=1S/C11H10FNO2S/c1-15-10(14)5-3-7-2-4-9-8(6-7)13-11(12)16-9/h2,4,6H,3,5H2,1H3. The van der Waals surface area contributed by atoms with Crippen molar-refractivity contribution in [1.29, 1.82) is 0 Å². The third-order valence-corrected chi connectivity index (χ3v) is 3.10. The van der Waals surface area contributed by atoms with Crippen LogP contribution in [0.3, 0.4) is 0 Å². The number of carbonyl (C=O) groups excluding carboxylic acids is 1. The van der Waals surface area contributed by atoms with E-state index in [4.69, 9.17) is 0 Å². The molecular weight excluding hydrogens is 229 g/mol. The normalized spacial score (nSPS) is 10.6. The van der Waals surface area contributed by atoms with E-state index >= 15 is 0 Å². The van der Waals surface area contributed by atoms with E-state index in [2.05, 4.69) is 9.72 Å². The molecule has 0 saturated heterocycles. The lowest BCUT2D eigenvalue weighted by Crippen LogP contribution is -2.01. The number of esters is 1. The van der Waals surface area contributed by atoms with Crippen molar-refractivity contribution in [2.45, 2.75) is 12.8 Å². The molecule has 16 heavy (non-hydrogen) atoms. The van der Waals surface area contributed by atoms with Crippen molar-refractivity contribution in [3.63, 3.8) is 0 Å². The Morgan fingerprint density at radius 2 is 2.38 bits per heavy atom. The Morgan fingerprint density at radius 1 is 1.56 bits per heavy atom. The molecule has 2 aromatic rings. The van der Waals surface area contributed by atoms with Crippen LogP contribution in [0.15, 0.2) is 18.2 Å². The maximum absolute atomic E-state index is 12.9. The van der Waals surface area contributed by atoms with Gasteiger partial charge in [0.2, 0.25) is 0 Å². The van der Waals surface area contributed by atoms with Crippen LogP contribution in [0, 0.1) is 5.26 Å². The van der Waals surface area contributed by atoms with Gasteiger partial charge in [-0.1, -0.05) is 17.4 Å². The molecule has 1 aromatic heterocycles. The molecular formula is C11H10FNO2S. The van der Waals surface area contributed by atoms with Gasteiger partial charge in [-0.3, -0.25) is 4.79 Å². The Bertz CT molecular complexity index is 524. The topological polar surface area (TPSA) is 39.2 Å². The number of aryl methyl sites for hydroxylation is 1. The predicted octanol–water partition coefficient (Wildman–Crippen LogP) is 2.54. The Kier molecular flexibility index (Phi) is 3.14. The average molecular weight is 239 g/mol. The molecule has 1 aromatic carbocycles. The number of carbonyl (C=O) groups is 1. The van der Waals surface area contributed by atoms with Crippen LogP contribution in [0.25, 0.3) is 10.2 Å². The Labute approximate surface area is 95.9 Å². The van der Waals surface area contributed by atoms with Crippen molar-refractivity contribution >= 4 is 27.5 Å². The van der Waals surface area contributed by atoms with Crippen LogP contribution in [0.1, 0.15) is 12.0 Å². The molecule has 0 radical (unpaired) electrons. The van der Waals surface area contributed by atoms with E-state index in [1.807, 2.05) is 12.1 Å². The molecule has 0 aliphatic rings. The minimum absolute atomic E-state index is 0.246. The summed E-state index contributed by atoms with van der Waals surface area (Å²) in [7, 11) is 1.36. The highest BCUT2D eigenvalue weighted by molar-refractivity contribution is 7.17. The molecule has 84 valence electrons. The second kappa shape index (κ2) is 4.57.